The van der Waals surface area contributed by atoms with Crippen LogP contribution in [0.1, 0.15) is 30.0 Å². The Bertz CT molecular complexity index is 477. The topological polar surface area (TPSA) is 98.0 Å². The summed E-state index contributed by atoms with van der Waals surface area (Å²) in [7, 11) is 0. The fraction of sp³-hybridized carbons (Fsp3) is 0.400. The summed E-state index contributed by atoms with van der Waals surface area (Å²) in [5.74, 6) is -2.34. The lowest BCUT2D eigenvalue weighted by Gasteiger charge is -2.21. The summed E-state index contributed by atoms with van der Waals surface area (Å²) in [6, 6.07) is 1.42. The number of piperidine rings is 1. The zero-order valence-electron chi connectivity index (χ0n) is 8.94. The van der Waals surface area contributed by atoms with Gasteiger partial charge in [0.2, 0.25) is 17.8 Å². The van der Waals surface area contributed by atoms with Crippen molar-refractivity contribution in [3.8, 4) is 0 Å². The molecule has 17 heavy (non-hydrogen) atoms. The summed E-state index contributed by atoms with van der Waals surface area (Å²) in [4.78, 5) is 22.6. The van der Waals surface area contributed by atoms with Crippen LogP contribution in [0.2, 0.25) is 0 Å². The van der Waals surface area contributed by atoms with Gasteiger partial charge in [-0.3, -0.25) is 14.9 Å². The molecular weight excluding hydrogens is 227 g/mol. The van der Waals surface area contributed by atoms with Crippen LogP contribution in [0.15, 0.2) is 6.07 Å². The van der Waals surface area contributed by atoms with Crippen molar-refractivity contribution in [3.63, 3.8) is 0 Å². The molecule has 2 amide bonds. The van der Waals surface area contributed by atoms with E-state index in [-0.39, 0.29) is 30.9 Å². The van der Waals surface area contributed by atoms with Crippen LogP contribution >= 0.6 is 0 Å². The fourth-order valence-corrected chi connectivity index (χ4v) is 1.77. The third kappa shape index (κ3) is 2.28. The summed E-state index contributed by atoms with van der Waals surface area (Å²) in [6.07, 6.45) is 0.466. The van der Waals surface area contributed by atoms with Crippen molar-refractivity contribution in [3.05, 3.63) is 23.3 Å². The standard InChI is InChI=1S/C10H11FN4O2/c11-9-7(3-5(4-12)14-15-9)6-1-2-8(16)13-10(6)17/h3,6H,1-2,4,12H2,(H,13,16,17). The van der Waals surface area contributed by atoms with Crippen LogP contribution in [0.4, 0.5) is 4.39 Å². The van der Waals surface area contributed by atoms with E-state index in [0.29, 0.717) is 5.69 Å². The highest BCUT2D eigenvalue weighted by molar-refractivity contribution is 6.00. The van der Waals surface area contributed by atoms with E-state index < -0.39 is 17.8 Å². The first-order chi connectivity index (χ1) is 8.11. The molecule has 3 N–H and O–H groups in total. The highest BCUT2D eigenvalue weighted by atomic mass is 19.1. The van der Waals surface area contributed by atoms with Crippen LogP contribution in [0.5, 0.6) is 0 Å². The first kappa shape index (κ1) is 11.6. The average molecular weight is 238 g/mol. The van der Waals surface area contributed by atoms with Crippen molar-refractivity contribution < 1.29 is 14.0 Å². The van der Waals surface area contributed by atoms with Gasteiger partial charge in [0.25, 0.3) is 0 Å². The van der Waals surface area contributed by atoms with E-state index in [2.05, 4.69) is 15.5 Å². The molecule has 6 nitrogen and oxygen atoms in total. The minimum atomic E-state index is -0.795. The van der Waals surface area contributed by atoms with Gasteiger partial charge in [0.1, 0.15) is 0 Å². The molecule has 90 valence electrons. The number of rotatable bonds is 2. The Kier molecular flexibility index (Phi) is 3.10. The molecule has 1 fully saturated rings. The normalized spacial score (nSPS) is 20.2. The van der Waals surface area contributed by atoms with Crippen molar-refractivity contribution in [1.82, 2.24) is 15.5 Å². The lowest BCUT2D eigenvalue weighted by Crippen LogP contribution is -2.39. The summed E-state index contributed by atoms with van der Waals surface area (Å²) in [6.45, 7) is 0.119. The maximum atomic E-state index is 13.5. The number of amides is 2. The van der Waals surface area contributed by atoms with Crippen molar-refractivity contribution in [2.75, 3.05) is 0 Å². The van der Waals surface area contributed by atoms with Crippen molar-refractivity contribution >= 4 is 11.8 Å². The Morgan fingerprint density at radius 2 is 2.24 bits per heavy atom. The number of nitrogens with one attached hydrogen (secondary N) is 1. The van der Waals surface area contributed by atoms with Gasteiger partial charge < -0.3 is 5.73 Å². The van der Waals surface area contributed by atoms with Gasteiger partial charge in [0, 0.05) is 18.5 Å². The van der Waals surface area contributed by atoms with Gasteiger partial charge in [-0.15, -0.1) is 5.10 Å². The quantitative estimate of drug-likeness (QED) is 0.683. The maximum absolute atomic E-state index is 13.5. The van der Waals surface area contributed by atoms with Gasteiger partial charge in [0.15, 0.2) is 0 Å². The SMILES string of the molecule is NCc1cc(C2CCC(=O)NC2=O)c(F)nn1. The van der Waals surface area contributed by atoms with Crippen LogP contribution in [-0.2, 0) is 16.1 Å². The minimum Gasteiger partial charge on any atom is -0.325 e. The van der Waals surface area contributed by atoms with Gasteiger partial charge in [-0.05, 0) is 12.5 Å². The summed E-state index contributed by atoms with van der Waals surface area (Å²) in [5, 5.41) is 9.03. The number of aromatic nitrogens is 2. The number of nitrogens with zero attached hydrogens (tertiary/aromatic N) is 2. The molecule has 1 aromatic rings. The Morgan fingerprint density at radius 1 is 1.47 bits per heavy atom. The third-order valence-electron chi connectivity index (χ3n) is 2.65. The first-order valence-corrected chi connectivity index (χ1v) is 5.17. The average Bonchev–Trinajstić information content (AvgIpc) is 2.30. The zero-order chi connectivity index (χ0) is 12.4. The molecule has 0 aromatic carbocycles. The molecular formula is C10H11FN4O2. The van der Waals surface area contributed by atoms with Gasteiger partial charge in [-0.25, -0.2) is 0 Å². The van der Waals surface area contributed by atoms with Gasteiger partial charge in [0.05, 0.1) is 11.6 Å². The predicted molar refractivity (Wildman–Crippen MR) is 55.0 cm³/mol. The lowest BCUT2D eigenvalue weighted by molar-refractivity contribution is -0.134. The van der Waals surface area contributed by atoms with Crippen LogP contribution in [0.25, 0.3) is 0 Å². The molecule has 0 radical (unpaired) electrons. The minimum absolute atomic E-state index is 0.119. The molecule has 1 aliphatic heterocycles. The third-order valence-corrected chi connectivity index (χ3v) is 2.65. The van der Waals surface area contributed by atoms with Gasteiger partial charge in [-0.1, -0.05) is 0 Å². The number of halogens is 1. The monoisotopic (exact) mass is 238 g/mol. The van der Waals surface area contributed by atoms with Crippen LogP contribution in [-0.4, -0.2) is 22.0 Å². The second kappa shape index (κ2) is 4.54. The Hall–Kier alpha value is -1.89. The van der Waals surface area contributed by atoms with E-state index in [1.807, 2.05) is 0 Å². The number of imide groups is 1. The van der Waals surface area contributed by atoms with E-state index >= 15 is 0 Å². The van der Waals surface area contributed by atoms with Crippen molar-refractivity contribution in [2.24, 2.45) is 5.73 Å². The summed E-state index contributed by atoms with van der Waals surface area (Å²) >= 11 is 0. The van der Waals surface area contributed by atoms with Crippen molar-refractivity contribution in [2.45, 2.75) is 25.3 Å². The molecule has 1 atom stereocenters. The molecule has 0 aliphatic carbocycles. The number of hydrogen-bond acceptors (Lipinski definition) is 5. The number of nitrogens with two attached hydrogens (primary N) is 1. The summed E-state index contributed by atoms with van der Waals surface area (Å²) < 4.78 is 13.5. The Morgan fingerprint density at radius 3 is 2.88 bits per heavy atom. The second-order valence-corrected chi connectivity index (χ2v) is 3.79. The van der Waals surface area contributed by atoms with E-state index in [9.17, 15) is 14.0 Å². The highest BCUT2D eigenvalue weighted by Gasteiger charge is 2.30. The molecule has 0 bridgehead atoms. The van der Waals surface area contributed by atoms with E-state index in [0.717, 1.165) is 0 Å². The molecule has 0 saturated carbocycles. The molecule has 1 aromatic heterocycles. The first-order valence-electron chi connectivity index (χ1n) is 5.17. The molecule has 1 aliphatic rings. The van der Waals surface area contributed by atoms with Crippen molar-refractivity contribution in [1.29, 1.82) is 0 Å². The Labute approximate surface area is 96.4 Å². The largest absolute Gasteiger partial charge is 0.325 e. The molecule has 1 unspecified atom stereocenters. The zero-order valence-corrected chi connectivity index (χ0v) is 8.94. The highest BCUT2D eigenvalue weighted by Crippen LogP contribution is 2.26. The smallest absolute Gasteiger partial charge is 0.237 e. The molecule has 2 heterocycles. The van der Waals surface area contributed by atoms with E-state index in [1.165, 1.54) is 6.07 Å². The van der Waals surface area contributed by atoms with E-state index in [1.54, 1.807) is 0 Å². The van der Waals surface area contributed by atoms with Gasteiger partial charge >= 0.3 is 0 Å². The maximum Gasteiger partial charge on any atom is 0.237 e. The fourth-order valence-electron chi connectivity index (χ4n) is 1.77. The lowest BCUT2D eigenvalue weighted by atomic mass is 9.91. The number of hydrogen-bond donors (Lipinski definition) is 2. The molecule has 7 heteroatoms. The second-order valence-electron chi connectivity index (χ2n) is 3.79. The molecule has 2 rings (SSSR count). The number of carbonyl (C=O) groups excluding carboxylic acids is 2. The van der Waals surface area contributed by atoms with Crippen LogP contribution in [0.3, 0.4) is 0 Å². The summed E-state index contributed by atoms with van der Waals surface area (Å²) in [5.41, 5.74) is 5.93. The van der Waals surface area contributed by atoms with E-state index in [4.69, 9.17) is 5.73 Å². The van der Waals surface area contributed by atoms with Crippen LogP contribution in [0, 0.1) is 5.95 Å². The Balaban J connectivity index is 2.33. The van der Waals surface area contributed by atoms with Gasteiger partial charge in [-0.2, -0.15) is 9.49 Å². The molecule has 1 saturated heterocycles. The molecule has 0 spiro atoms. The predicted octanol–water partition coefficient (Wildman–Crippen LogP) is -0.405. The number of carbonyl (C=O) groups is 2. The van der Waals surface area contributed by atoms with Crippen LogP contribution < -0.4 is 11.1 Å².